The van der Waals surface area contributed by atoms with Gasteiger partial charge in [-0.25, -0.2) is 4.79 Å². The number of carbonyl (C=O) groups excluding carboxylic acids is 1. The minimum Gasteiger partial charge on any atom is -0.506 e. The molecule has 2 aromatic rings. The molecule has 0 unspecified atom stereocenters. The Balaban J connectivity index is 2.30. The number of carbonyl (C=O) groups is 1. The summed E-state index contributed by atoms with van der Waals surface area (Å²) in [6, 6.07) is 2.11. The van der Waals surface area contributed by atoms with E-state index in [0.717, 1.165) is 23.5 Å². The number of benzene rings is 1. The normalized spacial score (nSPS) is 14.6. The summed E-state index contributed by atoms with van der Waals surface area (Å²) in [5, 5.41) is 13.6. The van der Waals surface area contributed by atoms with Gasteiger partial charge in [0.25, 0.3) is 0 Å². The van der Waals surface area contributed by atoms with Gasteiger partial charge in [-0.2, -0.15) is 0 Å². The Morgan fingerprint density at radius 2 is 1.79 bits per heavy atom. The van der Waals surface area contributed by atoms with Crippen molar-refractivity contribution in [1.29, 1.82) is 0 Å². The highest BCUT2D eigenvalue weighted by atomic mass is 32.5. The third-order valence-corrected chi connectivity index (χ3v) is 4.85. The van der Waals surface area contributed by atoms with Gasteiger partial charge in [-0.15, -0.1) is 11.3 Å². The molecule has 4 nitrogen and oxygen atoms in total. The second kappa shape index (κ2) is 5.24. The van der Waals surface area contributed by atoms with Crippen LogP contribution in [-0.2, 0) is 4.74 Å². The van der Waals surface area contributed by atoms with E-state index < -0.39 is 21.1 Å². The van der Waals surface area contributed by atoms with Crippen molar-refractivity contribution in [2.75, 3.05) is 11.9 Å². The zero-order chi connectivity index (χ0) is 18.2. The molecule has 0 spiro atoms. The molecule has 0 aliphatic heterocycles. The van der Waals surface area contributed by atoms with Gasteiger partial charge in [0, 0.05) is 11.1 Å². The van der Waals surface area contributed by atoms with Gasteiger partial charge < -0.3 is 15.2 Å². The molecule has 0 radical (unpaired) electrons. The molecule has 0 atom stereocenters. The first-order valence-corrected chi connectivity index (χ1v) is 9.23. The van der Waals surface area contributed by atoms with Gasteiger partial charge in [-0.1, -0.05) is 19.4 Å². The summed E-state index contributed by atoms with van der Waals surface area (Å²) >= 11 is 0.908. The van der Waals surface area contributed by atoms with Crippen molar-refractivity contribution in [2.45, 2.75) is 11.8 Å². The topological polar surface area (TPSA) is 58.6 Å². The van der Waals surface area contributed by atoms with Crippen molar-refractivity contribution in [3.05, 3.63) is 35.2 Å². The fourth-order valence-electron chi connectivity index (χ4n) is 1.77. The Bertz CT molecular complexity index is 772. The number of rotatable bonds is 5. The monoisotopic (exact) mass is 389 g/mol. The van der Waals surface area contributed by atoms with Crippen LogP contribution in [0.3, 0.4) is 0 Å². The molecule has 2 N–H and O–H groups in total. The number of anilines is 2. The maximum absolute atomic E-state index is 12.7. The number of halogens is 5. The first-order valence-electron chi connectivity index (χ1n) is 6.40. The number of hydrogen-bond donors (Lipinski definition) is 2. The molecule has 0 saturated heterocycles. The molecule has 1 aromatic heterocycles. The van der Waals surface area contributed by atoms with Crippen LogP contribution < -0.4 is 5.32 Å². The lowest BCUT2D eigenvalue weighted by Crippen LogP contribution is -2.07. The van der Waals surface area contributed by atoms with Gasteiger partial charge in [0.05, 0.1) is 6.61 Å². The van der Waals surface area contributed by atoms with Gasteiger partial charge in [-0.05, 0) is 31.2 Å². The highest BCUT2D eigenvalue weighted by Gasteiger charge is 2.65. The fourth-order valence-corrected chi connectivity index (χ4v) is 3.25. The first kappa shape index (κ1) is 18.3. The zero-order valence-electron chi connectivity index (χ0n) is 12.1. The summed E-state index contributed by atoms with van der Waals surface area (Å²) in [4.78, 5) is 9.74. The van der Waals surface area contributed by atoms with E-state index in [1.807, 2.05) is 0 Å². The molecule has 1 heterocycles. The van der Waals surface area contributed by atoms with Crippen molar-refractivity contribution in [3.8, 4) is 5.75 Å². The number of thiophene rings is 1. The summed E-state index contributed by atoms with van der Waals surface area (Å²) < 4.78 is 68.0. The molecule has 24 heavy (non-hydrogen) atoms. The lowest BCUT2D eigenvalue weighted by Gasteiger charge is -2.40. The molecule has 11 heteroatoms. The Hall–Kier alpha value is -2.01. The largest absolute Gasteiger partial charge is 0.506 e. The second-order valence-corrected chi connectivity index (χ2v) is 7.95. The van der Waals surface area contributed by atoms with E-state index in [9.17, 15) is 29.3 Å². The molecule has 0 aliphatic carbocycles. The lowest BCUT2D eigenvalue weighted by molar-refractivity contribution is 0.0525. The van der Waals surface area contributed by atoms with Crippen molar-refractivity contribution >= 4 is 38.2 Å². The maximum atomic E-state index is 12.7. The van der Waals surface area contributed by atoms with Gasteiger partial charge >= 0.3 is 16.2 Å². The minimum atomic E-state index is -9.73. The number of nitrogens with one attached hydrogen (secondary N) is 1. The standard InChI is InChI=1S/C13H12F5NO3S2/c1-2-22-13(21)11-10(20)7-23-12(11)19-8-3-5-9(6-4-8)24(14,15,16,17)18/h3-7,19-20H,2H2,1H3. The first-order chi connectivity index (χ1) is 10.8. The molecule has 0 bridgehead atoms. The number of ether oxygens (including phenoxy) is 1. The van der Waals surface area contributed by atoms with Gasteiger partial charge in [0.2, 0.25) is 0 Å². The van der Waals surface area contributed by atoms with Crippen LogP contribution in [0.1, 0.15) is 17.3 Å². The van der Waals surface area contributed by atoms with Crippen molar-refractivity contribution < 1.29 is 34.1 Å². The van der Waals surface area contributed by atoms with Gasteiger partial charge in [-0.3, -0.25) is 0 Å². The highest BCUT2D eigenvalue weighted by Crippen LogP contribution is 3.02. The zero-order valence-corrected chi connectivity index (χ0v) is 13.7. The van der Waals surface area contributed by atoms with Crippen molar-refractivity contribution in [2.24, 2.45) is 0 Å². The predicted molar refractivity (Wildman–Crippen MR) is 83.1 cm³/mol. The fraction of sp³-hybridized carbons (Fsp3) is 0.154. The van der Waals surface area contributed by atoms with Crippen molar-refractivity contribution in [1.82, 2.24) is 0 Å². The SMILES string of the molecule is CCOC(=O)c1c(O)csc1Nc1ccc(S(F)(F)(F)(F)F)cc1. The summed E-state index contributed by atoms with van der Waals surface area (Å²) in [6.07, 6.45) is 0. The number of aromatic hydroxyl groups is 1. The summed E-state index contributed by atoms with van der Waals surface area (Å²) in [5.74, 6) is -1.17. The van der Waals surface area contributed by atoms with E-state index in [4.69, 9.17) is 4.74 Å². The number of hydrogen-bond acceptors (Lipinski definition) is 5. The molecule has 0 saturated carbocycles. The van der Waals surface area contributed by atoms with Crippen LogP contribution in [0.5, 0.6) is 5.75 Å². The Kier molecular flexibility index (Phi) is 4.01. The van der Waals surface area contributed by atoms with Crippen LogP contribution in [-0.4, -0.2) is 17.7 Å². The Labute approximate surface area is 137 Å². The molecule has 134 valence electrons. The molecular formula is C13H12F5NO3S2. The van der Waals surface area contributed by atoms with Crippen LogP contribution in [0.25, 0.3) is 0 Å². The van der Waals surface area contributed by atoms with E-state index in [-0.39, 0.29) is 40.7 Å². The Morgan fingerprint density at radius 1 is 1.21 bits per heavy atom. The summed E-state index contributed by atoms with van der Waals surface area (Å²) in [6.45, 7) is 1.62. The van der Waals surface area contributed by atoms with Crippen molar-refractivity contribution in [3.63, 3.8) is 0 Å². The molecule has 0 fully saturated rings. The average molecular weight is 389 g/mol. The third kappa shape index (κ3) is 4.09. The highest BCUT2D eigenvalue weighted by molar-refractivity contribution is 8.45. The van der Waals surface area contributed by atoms with Crippen LogP contribution in [0.15, 0.2) is 34.5 Å². The van der Waals surface area contributed by atoms with E-state index in [2.05, 4.69) is 5.32 Å². The van der Waals surface area contributed by atoms with Crippen LogP contribution in [0, 0.1) is 0 Å². The van der Waals surface area contributed by atoms with E-state index in [0.29, 0.717) is 0 Å². The van der Waals surface area contributed by atoms with Gasteiger partial charge in [0.1, 0.15) is 21.2 Å². The van der Waals surface area contributed by atoms with Crippen LogP contribution >= 0.6 is 21.6 Å². The van der Waals surface area contributed by atoms with Gasteiger partial charge in [0.15, 0.2) is 0 Å². The van der Waals surface area contributed by atoms with E-state index >= 15 is 0 Å². The number of esters is 1. The molecule has 1 aromatic carbocycles. The quantitative estimate of drug-likeness (QED) is 0.484. The molecule has 0 amide bonds. The average Bonchev–Trinajstić information content (AvgIpc) is 2.78. The lowest BCUT2D eigenvalue weighted by atomic mass is 10.2. The third-order valence-electron chi connectivity index (χ3n) is 2.81. The summed E-state index contributed by atoms with van der Waals surface area (Å²) in [7, 11) is -9.73. The summed E-state index contributed by atoms with van der Waals surface area (Å²) in [5.41, 5.74) is -0.147. The minimum absolute atomic E-state index is 0.0352. The van der Waals surface area contributed by atoms with E-state index in [1.165, 1.54) is 5.38 Å². The molecule has 2 rings (SSSR count). The predicted octanol–water partition coefficient (Wildman–Crippen LogP) is 6.03. The van der Waals surface area contributed by atoms with Crippen LogP contribution in [0.4, 0.5) is 30.1 Å². The molecular weight excluding hydrogens is 377 g/mol. The maximum Gasteiger partial charge on any atom is 0.344 e. The smallest absolute Gasteiger partial charge is 0.344 e. The second-order valence-electron chi connectivity index (χ2n) is 4.66. The Morgan fingerprint density at radius 3 is 2.29 bits per heavy atom. The molecule has 0 aliphatic rings. The van der Waals surface area contributed by atoms with E-state index in [1.54, 1.807) is 6.92 Å². The van der Waals surface area contributed by atoms with Crippen LogP contribution in [0.2, 0.25) is 0 Å².